The van der Waals surface area contributed by atoms with Crippen molar-refractivity contribution in [1.82, 2.24) is 19.7 Å². The Bertz CT molecular complexity index is 1200. The minimum absolute atomic E-state index is 0.0796. The highest BCUT2D eigenvalue weighted by molar-refractivity contribution is 8.00. The predicted molar refractivity (Wildman–Crippen MR) is 102 cm³/mol. The summed E-state index contributed by atoms with van der Waals surface area (Å²) in [5.74, 6) is -2.34. The fourth-order valence-corrected chi connectivity index (χ4v) is 3.38. The molecule has 1 amide bonds. The maximum Gasteiger partial charge on any atom is 0.234 e. The lowest BCUT2D eigenvalue weighted by molar-refractivity contribution is -0.113. The first-order chi connectivity index (χ1) is 14.0. The molecule has 0 saturated heterocycles. The van der Waals surface area contributed by atoms with E-state index in [1.807, 2.05) is 0 Å². The number of thioether (sulfide) groups is 1. The molecule has 0 unspecified atom stereocenters. The third-order valence-electron chi connectivity index (χ3n) is 3.94. The number of benzene rings is 2. The van der Waals surface area contributed by atoms with Gasteiger partial charge in [-0.05, 0) is 36.4 Å². The molecule has 10 heteroatoms. The maximum atomic E-state index is 13.6. The number of nitrogens with zero attached hydrogens (tertiary/aromatic N) is 4. The number of carbonyl (C=O) groups excluding carboxylic acids is 1. The SMILES string of the molecule is O=C(CSc1ncnc2c1cnn2-c1ccc(F)cc1)Nc1cc(F)ccc1F. The summed E-state index contributed by atoms with van der Waals surface area (Å²) in [5.41, 5.74) is 0.883. The highest BCUT2D eigenvalue weighted by Gasteiger charge is 2.14. The first-order valence-electron chi connectivity index (χ1n) is 8.33. The Morgan fingerprint density at radius 2 is 1.79 bits per heavy atom. The van der Waals surface area contributed by atoms with Crippen molar-refractivity contribution in [3.05, 3.63) is 72.4 Å². The molecule has 2 heterocycles. The summed E-state index contributed by atoms with van der Waals surface area (Å²) >= 11 is 1.11. The van der Waals surface area contributed by atoms with Crippen molar-refractivity contribution in [2.45, 2.75) is 5.03 Å². The number of hydrogen-bond donors (Lipinski definition) is 1. The third kappa shape index (κ3) is 4.06. The van der Waals surface area contributed by atoms with Crippen LogP contribution in [0.1, 0.15) is 0 Å². The normalized spacial score (nSPS) is 11.0. The molecule has 1 N–H and O–H groups in total. The van der Waals surface area contributed by atoms with Crippen LogP contribution in [0.4, 0.5) is 18.9 Å². The second-order valence-corrected chi connectivity index (χ2v) is 6.87. The summed E-state index contributed by atoms with van der Waals surface area (Å²) < 4.78 is 41.5. The smallest absolute Gasteiger partial charge is 0.234 e. The first kappa shape index (κ1) is 18.9. The fourth-order valence-electron chi connectivity index (χ4n) is 2.62. The van der Waals surface area contributed by atoms with Crippen LogP contribution in [-0.2, 0) is 4.79 Å². The van der Waals surface area contributed by atoms with Crippen LogP contribution in [0.3, 0.4) is 0 Å². The Morgan fingerprint density at radius 1 is 1.03 bits per heavy atom. The highest BCUT2D eigenvalue weighted by atomic mass is 32.2. The quantitative estimate of drug-likeness (QED) is 0.395. The Labute approximate surface area is 166 Å². The summed E-state index contributed by atoms with van der Waals surface area (Å²) in [6, 6.07) is 8.58. The number of hydrogen-bond acceptors (Lipinski definition) is 5. The van der Waals surface area contributed by atoms with Gasteiger partial charge in [-0.2, -0.15) is 5.10 Å². The molecule has 0 saturated carbocycles. The molecule has 0 aliphatic rings. The second kappa shape index (κ2) is 7.92. The van der Waals surface area contributed by atoms with Crippen LogP contribution in [0.2, 0.25) is 0 Å². The number of aromatic nitrogens is 4. The number of rotatable bonds is 5. The summed E-state index contributed by atoms with van der Waals surface area (Å²) in [5, 5.41) is 7.69. The molecular weight excluding hydrogens is 403 g/mol. The number of fused-ring (bicyclic) bond motifs is 1. The van der Waals surface area contributed by atoms with Gasteiger partial charge >= 0.3 is 0 Å². The lowest BCUT2D eigenvalue weighted by atomic mass is 10.3. The average molecular weight is 415 g/mol. The van der Waals surface area contributed by atoms with Gasteiger partial charge in [0, 0.05) is 6.07 Å². The minimum atomic E-state index is -0.727. The lowest BCUT2D eigenvalue weighted by Crippen LogP contribution is -2.15. The number of anilines is 1. The van der Waals surface area contributed by atoms with Crippen LogP contribution in [-0.4, -0.2) is 31.4 Å². The van der Waals surface area contributed by atoms with Crippen molar-refractivity contribution in [2.24, 2.45) is 0 Å². The molecule has 0 spiro atoms. The Kier molecular flexibility index (Phi) is 5.17. The molecule has 0 atom stereocenters. The van der Waals surface area contributed by atoms with Crippen LogP contribution < -0.4 is 5.32 Å². The van der Waals surface area contributed by atoms with Crippen LogP contribution in [0.25, 0.3) is 16.7 Å². The first-order valence-corrected chi connectivity index (χ1v) is 9.32. The zero-order valence-corrected chi connectivity index (χ0v) is 15.5. The molecule has 2 aromatic carbocycles. The van der Waals surface area contributed by atoms with Gasteiger partial charge in [-0.15, -0.1) is 0 Å². The van der Waals surface area contributed by atoms with E-state index in [1.54, 1.807) is 18.3 Å². The van der Waals surface area contributed by atoms with Crippen LogP contribution in [0.5, 0.6) is 0 Å². The van der Waals surface area contributed by atoms with E-state index in [9.17, 15) is 18.0 Å². The van der Waals surface area contributed by atoms with Gasteiger partial charge in [0.15, 0.2) is 5.65 Å². The topological polar surface area (TPSA) is 72.7 Å². The zero-order chi connectivity index (χ0) is 20.4. The number of carbonyl (C=O) groups is 1. The van der Waals surface area contributed by atoms with E-state index in [4.69, 9.17) is 0 Å². The third-order valence-corrected chi connectivity index (χ3v) is 4.95. The van der Waals surface area contributed by atoms with Crippen molar-refractivity contribution in [3.63, 3.8) is 0 Å². The van der Waals surface area contributed by atoms with Gasteiger partial charge in [-0.25, -0.2) is 27.8 Å². The lowest BCUT2D eigenvalue weighted by Gasteiger charge is -2.07. The Balaban J connectivity index is 1.52. The van der Waals surface area contributed by atoms with Crippen LogP contribution in [0, 0.1) is 17.5 Å². The molecule has 0 aliphatic carbocycles. The summed E-state index contributed by atoms with van der Waals surface area (Å²) in [7, 11) is 0. The summed E-state index contributed by atoms with van der Waals surface area (Å²) in [6.07, 6.45) is 2.88. The molecule has 4 aromatic rings. The van der Waals surface area contributed by atoms with Gasteiger partial charge in [0.25, 0.3) is 0 Å². The van der Waals surface area contributed by atoms with E-state index >= 15 is 0 Å². The largest absolute Gasteiger partial charge is 0.323 e. The number of nitrogens with one attached hydrogen (secondary N) is 1. The molecular formula is C19H12F3N5OS. The van der Waals surface area contributed by atoms with Crippen LogP contribution in [0.15, 0.2) is 60.0 Å². The zero-order valence-electron chi connectivity index (χ0n) is 14.6. The van der Waals surface area contributed by atoms with Crippen molar-refractivity contribution in [2.75, 3.05) is 11.1 Å². The van der Waals surface area contributed by atoms with Gasteiger partial charge in [-0.1, -0.05) is 11.8 Å². The van der Waals surface area contributed by atoms with E-state index in [1.165, 1.54) is 23.1 Å². The van der Waals surface area contributed by atoms with E-state index in [2.05, 4.69) is 20.4 Å². The predicted octanol–water partition coefficient (Wildman–Crippen LogP) is 3.96. The monoisotopic (exact) mass is 415 g/mol. The minimum Gasteiger partial charge on any atom is -0.323 e. The number of amides is 1. The van der Waals surface area contributed by atoms with E-state index in [-0.39, 0.29) is 17.3 Å². The average Bonchev–Trinajstić information content (AvgIpc) is 3.14. The molecule has 4 rings (SSSR count). The second-order valence-electron chi connectivity index (χ2n) is 5.91. The van der Waals surface area contributed by atoms with Gasteiger partial charge < -0.3 is 5.32 Å². The van der Waals surface area contributed by atoms with Crippen molar-refractivity contribution >= 4 is 34.4 Å². The van der Waals surface area contributed by atoms with Crippen LogP contribution >= 0.6 is 11.8 Å². The summed E-state index contributed by atoms with van der Waals surface area (Å²) in [4.78, 5) is 20.5. The van der Waals surface area contributed by atoms with Gasteiger partial charge in [0.2, 0.25) is 5.91 Å². The van der Waals surface area contributed by atoms with Crippen molar-refractivity contribution < 1.29 is 18.0 Å². The van der Waals surface area contributed by atoms with Crippen molar-refractivity contribution in [1.29, 1.82) is 0 Å². The number of halogens is 3. The fraction of sp³-hybridized carbons (Fsp3) is 0.0526. The maximum absolute atomic E-state index is 13.6. The van der Waals surface area contributed by atoms with Gasteiger partial charge in [-0.3, -0.25) is 4.79 Å². The van der Waals surface area contributed by atoms with E-state index in [0.29, 0.717) is 21.7 Å². The molecule has 6 nitrogen and oxygen atoms in total. The standard InChI is InChI=1S/C19H12F3N5OS/c20-11-1-4-13(5-2-11)27-18-14(8-25-27)19(24-10-23-18)29-9-17(28)26-16-7-12(21)3-6-15(16)22/h1-8,10H,9H2,(H,26,28). The molecule has 0 bridgehead atoms. The molecule has 29 heavy (non-hydrogen) atoms. The highest BCUT2D eigenvalue weighted by Crippen LogP contribution is 2.26. The Morgan fingerprint density at radius 3 is 2.59 bits per heavy atom. The molecule has 0 fully saturated rings. The van der Waals surface area contributed by atoms with E-state index < -0.39 is 17.5 Å². The van der Waals surface area contributed by atoms with E-state index in [0.717, 1.165) is 30.0 Å². The molecule has 0 aliphatic heterocycles. The summed E-state index contributed by atoms with van der Waals surface area (Å²) in [6.45, 7) is 0. The van der Waals surface area contributed by atoms with Crippen molar-refractivity contribution in [3.8, 4) is 5.69 Å². The Hall–Kier alpha value is -3.40. The van der Waals surface area contributed by atoms with Gasteiger partial charge in [0.05, 0.1) is 28.7 Å². The molecule has 2 aromatic heterocycles. The molecule has 0 radical (unpaired) electrons. The molecule has 146 valence electrons. The van der Waals surface area contributed by atoms with Gasteiger partial charge in [0.1, 0.15) is 28.8 Å².